The van der Waals surface area contributed by atoms with Crippen LogP contribution in [0.2, 0.25) is 0 Å². The molecule has 0 aromatic heterocycles. The van der Waals surface area contributed by atoms with Crippen molar-refractivity contribution in [2.75, 3.05) is 19.6 Å². The maximum atomic E-state index is 11.1. The van der Waals surface area contributed by atoms with E-state index in [0.717, 1.165) is 19.6 Å². The Morgan fingerprint density at radius 3 is 3.20 bits per heavy atom. The van der Waals surface area contributed by atoms with Crippen molar-refractivity contribution in [3.8, 4) is 0 Å². The van der Waals surface area contributed by atoms with Crippen molar-refractivity contribution >= 4 is 5.78 Å². The number of rotatable bonds is 0. The van der Waals surface area contributed by atoms with E-state index in [0.29, 0.717) is 12.2 Å². The first-order valence-corrected chi connectivity index (χ1v) is 3.64. The largest absolute Gasteiger partial charge is 0.296 e. The summed E-state index contributed by atoms with van der Waals surface area (Å²) >= 11 is 0. The van der Waals surface area contributed by atoms with Crippen LogP contribution in [0.5, 0.6) is 0 Å². The van der Waals surface area contributed by atoms with Crippen molar-refractivity contribution < 1.29 is 4.79 Å². The van der Waals surface area contributed by atoms with Crippen LogP contribution < -0.4 is 10.7 Å². The molecule has 0 aromatic carbocycles. The van der Waals surface area contributed by atoms with Gasteiger partial charge in [0.15, 0.2) is 5.78 Å². The number of Topliss-reactive ketones (excluding diaryl/α,β-unsaturated/α-hetero) is 1. The molecule has 2 saturated heterocycles. The molecule has 0 radical (unpaired) electrons. The minimum Gasteiger partial charge on any atom is -0.296 e. The minimum absolute atomic E-state index is 0.0336. The Kier molecular flexibility index (Phi) is 1.44. The maximum absolute atomic E-state index is 11.1. The normalized spacial score (nSPS) is 34.4. The van der Waals surface area contributed by atoms with Crippen LogP contribution in [0.4, 0.5) is 0 Å². The molecule has 0 bridgehead atoms. The van der Waals surface area contributed by atoms with Crippen LogP contribution in [0, 0.1) is 0 Å². The van der Waals surface area contributed by atoms with Gasteiger partial charge in [-0.25, -0.2) is 5.01 Å². The number of nitrogens with one attached hydrogen (secondary N) is 2. The van der Waals surface area contributed by atoms with Crippen molar-refractivity contribution in [2.45, 2.75) is 12.6 Å². The Bertz CT molecular complexity index is 159. The maximum Gasteiger partial charge on any atom is 0.167 e. The molecule has 0 aliphatic carbocycles. The van der Waals surface area contributed by atoms with E-state index >= 15 is 0 Å². The Hall–Kier alpha value is -0.450. The fourth-order valence-electron chi connectivity index (χ4n) is 1.48. The highest BCUT2D eigenvalue weighted by Crippen LogP contribution is 2.06. The van der Waals surface area contributed by atoms with Crippen molar-refractivity contribution in [2.24, 2.45) is 0 Å². The lowest BCUT2D eigenvalue weighted by atomic mass is 10.2. The molecule has 1 atom stereocenters. The minimum atomic E-state index is -0.0336. The smallest absolute Gasteiger partial charge is 0.167 e. The molecule has 2 aliphatic rings. The lowest BCUT2D eigenvalue weighted by Crippen LogP contribution is -2.54. The van der Waals surface area contributed by atoms with Gasteiger partial charge in [0.1, 0.15) is 6.17 Å². The standard InChI is InChI=1S/C6H11N3O/c10-5-1-2-8-9-4-3-7-6(5)9/h6-8H,1-4H2. The predicted octanol–water partition coefficient (Wildman–Crippen LogP) is -1.30. The topological polar surface area (TPSA) is 44.4 Å². The third-order valence-electron chi connectivity index (χ3n) is 1.99. The molecule has 0 spiro atoms. The fraction of sp³-hybridized carbons (Fsp3) is 0.833. The average molecular weight is 141 g/mol. The van der Waals surface area contributed by atoms with Crippen LogP contribution in [-0.4, -0.2) is 36.6 Å². The van der Waals surface area contributed by atoms with Crippen LogP contribution in [-0.2, 0) is 4.79 Å². The molecule has 4 nitrogen and oxygen atoms in total. The monoisotopic (exact) mass is 141 g/mol. The number of carbonyl (C=O) groups excluding carboxylic acids is 1. The quantitative estimate of drug-likeness (QED) is 0.440. The van der Waals surface area contributed by atoms with E-state index in [-0.39, 0.29) is 6.17 Å². The van der Waals surface area contributed by atoms with Crippen LogP contribution in [0.3, 0.4) is 0 Å². The Labute approximate surface area is 59.5 Å². The van der Waals surface area contributed by atoms with Gasteiger partial charge in [-0.15, -0.1) is 0 Å². The first-order chi connectivity index (χ1) is 4.88. The molecule has 0 aromatic rings. The molecule has 2 heterocycles. The van der Waals surface area contributed by atoms with Crippen molar-refractivity contribution in [1.82, 2.24) is 15.8 Å². The molecule has 10 heavy (non-hydrogen) atoms. The van der Waals surface area contributed by atoms with Gasteiger partial charge >= 0.3 is 0 Å². The summed E-state index contributed by atoms with van der Waals surface area (Å²) in [6.45, 7) is 2.66. The third kappa shape index (κ3) is 0.847. The zero-order valence-corrected chi connectivity index (χ0v) is 5.76. The van der Waals surface area contributed by atoms with E-state index < -0.39 is 0 Å². The summed E-state index contributed by atoms with van der Waals surface area (Å²) in [5.74, 6) is 0.316. The SMILES string of the molecule is O=C1CCNN2CCNC12. The second-order valence-electron chi connectivity index (χ2n) is 2.67. The molecule has 0 saturated carbocycles. The summed E-state index contributed by atoms with van der Waals surface area (Å²) in [6.07, 6.45) is 0.627. The molecule has 2 rings (SSSR count). The molecule has 1 unspecified atom stereocenters. The van der Waals surface area contributed by atoms with Gasteiger partial charge in [0.2, 0.25) is 0 Å². The molecule has 0 amide bonds. The van der Waals surface area contributed by atoms with E-state index in [1.165, 1.54) is 0 Å². The highest BCUT2D eigenvalue weighted by molar-refractivity contribution is 5.84. The summed E-state index contributed by atoms with van der Waals surface area (Å²) in [6, 6.07) is 0. The van der Waals surface area contributed by atoms with Crippen molar-refractivity contribution in [3.63, 3.8) is 0 Å². The van der Waals surface area contributed by atoms with E-state index in [9.17, 15) is 4.79 Å². The van der Waals surface area contributed by atoms with Gasteiger partial charge < -0.3 is 0 Å². The van der Waals surface area contributed by atoms with Crippen LogP contribution in [0.25, 0.3) is 0 Å². The van der Waals surface area contributed by atoms with Gasteiger partial charge in [0.05, 0.1) is 0 Å². The number of carbonyl (C=O) groups is 1. The molecule has 56 valence electrons. The molecule has 2 N–H and O–H groups in total. The zero-order valence-electron chi connectivity index (χ0n) is 5.76. The van der Waals surface area contributed by atoms with E-state index in [4.69, 9.17) is 0 Å². The lowest BCUT2D eigenvalue weighted by Gasteiger charge is -2.28. The second kappa shape index (κ2) is 2.30. The molecule has 2 aliphatic heterocycles. The Balaban J connectivity index is 2.10. The molecular formula is C6H11N3O. The number of hydrogen-bond donors (Lipinski definition) is 2. The number of ketones is 1. The molecule has 4 heteroatoms. The van der Waals surface area contributed by atoms with Gasteiger partial charge in [-0.05, 0) is 0 Å². The molecular weight excluding hydrogens is 130 g/mol. The third-order valence-corrected chi connectivity index (χ3v) is 1.99. The van der Waals surface area contributed by atoms with Gasteiger partial charge in [0, 0.05) is 26.1 Å². The first-order valence-electron chi connectivity index (χ1n) is 3.64. The predicted molar refractivity (Wildman–Crippen MR) is 36.1 cm³/mol. The first kappa shape index (κ1) is 6.27. The summed E-state index contributed by atoms with van der Waals surface area (Å²) in [5, 5.41) is 5.10. The van der Waals surface area contributed by atoms with E-state index in [2.05, 4.69) is 10.7 Å². The number of hydrogen-bond acceptors (Lipinski definition) is 4. The van der Waals surface area contributed by atoms with Crippen LogP contribution in [0.1, 0.15) is 6.42 Å². The van der Waals surface area contributed by atoms with Crippen LogP contribution in [0.15, 0.2) is 0 Å². The van der Waals surface area contributed by atoms with Crippen LogP contribution >= 0.6 is 0 Å². The highest BCUT2D eigenvalue weighted by Gasteiger charge is 2.32. The van der Waals surface area contributed by atoms with Gasteiger partial charge in [-0.3, -0.25) is 15.5 Å². The number of fused-ring (bicyclic) bond motifs is 1. The zero-order chi connectivity index (χ0) is 6.97. The second-order valence-corrected chi connectivity index (χ2v) is 2.67. The Morgan fingerprint density at radius 2 is 2.40 bits per heavy atom. The molecule has 2 fully saturated rings. The number of nitrogens with zero attached hydrogens (tertiary/aromatic N) is 1. The Morgan fingerprint density at radius 1 is 1.50 bits per heavy atom. The number of hydrazine groups is 1. The highest BCUT2D eigenvalue weighted by atomic mass is 16.1. The summed E-state index contributed by atoms with van der Waals surface area (Å²) in [7, 11) is 0. The summed E-state index contributed by atoms with van der Waals surface area (Å²) < 4.78 is 0. The van der Waals surface area contributed by atoms with Crippen molar-refractivity contribution in [3.05, 3.63) is 0 Å². The van der Waals surface area contributed by atoms with Gasteiger partial charge in [0.25, 0.3) is 0 Å². The van der Waals surface area contributed by atoms with Gasteiger partial charge in [-0.2, -0.15) is 0 Å². The van der Waals surface area contributed by atoms with E-state index in [1.54, 1.807) is 0 Å². The average Bonchev–Trinajstić information content (AvgIpc) is 2.36. The van der Waals surface area contributed by atoms with Gasteiger partial charge in [-0.1, -0.05) is 0 Å². The fourth-order valence-corrected chi connectivity index (χ4v) is 1.48. The lowest BCUT2D eigenvalue weighted by molar-refractivity contribution is -0.127. The van der Waals surface area contributed by atoms with Crippen molar-refractivity contribution in [1.29, 1.82) is 0 Å². The van der Waals surface area contributed by atoms with E-state index in [1.807, 2.05) is 5.01 Å². The summed E-state index contributed by atoms with van der Waals surface area (Å²) in [5.41, 5.74) is 3.16. The summed E-state index contributed by atoms with van der Waals surface area (Å²) in [4.78, 5) is 11.1.